The van der Waals surface area contributed by atoms with E-state index < -0.39 is 0 Å². The molecular formula is C23H20FN3O2S. The predicted molar refractivity (Wildman–Crippen MR) is 116 cm³/mol. The van der Waals surface area contributed by atoms with E-state index in [1.165, 1.54) is 6.07 Å². The molecule has 1 amide bonds. The summed E-state index contributed by atoms with van der Waals surface area (Å²) in [6, 6.07) is 8.82. The zero-order valence-electron chi connectivity index (χ0n) is 17.0. The van der Waals surface area contributed by atoms with Crippen LogP contribution in [0.25, 0.3) is 22.4 Å². The molecule has 0 saturated carbocycles. The minimum Gasteiger partial charge on any atom is -0.335 e. The highest BCUT2D eigenvalue weighted by atomic mass is 32.1. The lowest BCUT2D eigenvalue weighted by Gasteiger charge is -2.30. The molecule has 152 valence electrons. The molecule has 0 radical (unpaired) electrons. The van der Waals surface area contributed by atoms with Crippen LogP contribution in [0.15, 0.2) is 34.9 Å². The number of amides is 1. The minimum atomic E-state index is -0.377. The third-order valence-corrected chi connectivity index (χ3v) is 6.54. The molecule has 4 aromatic rings. The minimum absolute atomic E-state index is 0.259. The van der Waals surface area contributed by atoms with Gasteiger partial charge >= 0.3 is 0 Å². The molecule has 0 spiro atoms. The van der Waals surface area contributed by atoms with E-state index in [-0.39, 0.29) is 11.7 Å². The number of aryl methyl sites for hydroxylation is 4. The van der Waals surface area contributed by atoms with Gasteiger partial charge in [-0.25, -0.2) is 9.37 Å². The molecule has 5 nitrogen and oxygen atoms in total. The number of fused-ring (bicyclic) bond motifs is 2. The molecule has 0 aliphatic carbocycles. The van der Waals surface area contributed by atoms with Crippen molar-refractivity contribution in [1.82, 2.24) is 10.1 Å². The normalized spacial score (nSPS) is 13.7. The van der Waals surface area contributed by atoms with Crippen LogP contribution in [0.4, 0.5) is 10.1 Å². The Balaban J connectivity index is 1.70. The molecule has 0 bridgehead atoms. The van der Waals surface area contributed by atoms with Gasteiger partial charge in [0.05, 0.1) is 28.0 Å². The number of pyridine rings is 1. The first-order chi connectivity index (χ1) is 14.4. The number of benzene rings is 1. The maximum absolute atomic E-state index is 14.7. The van der Waals surface area contributed by atoms with Gasteiger partial charge in [0.2, 0.25) is 0 Å². The highest BCUT2D eigenvalue weighted by Crippen LogP contribution is 2.36. The number of aromatic nitrogens is 2. The van der Waals surface area contributed by atoms with Crippen molar-refractivity contribution >= 4 is 34.0 Å². The number of halogens is 1. The topological polar surface area (TPSA) is 59.2 Å². The number of hydrogen-bond acceptors (Lipinski definition) is 5. The van der Waals surface area contributed by atoms with E-state index in [0.717, 1.165) is 33.7 Å². The van der Waals surface area contributed by atoms with Gasteiger partial charge in [-0.05, 0) is 57.4 Å². The zero-order chi connectivity index (χ0) is 21.0. The Kier molecular flexibility index (Phi) is 4.43. The lowest BCUT2D eigenvalue weighted by Crippen LogP contribution is -2.36. The summed E-state index contributed by atoms with van der Waals surface area (Å²) >= 11 is 1.68. The van der Waals surface area contributed by atoms with Crippen molar-refractivity contribution in [2.24, 2.45) is 0 Å². The van der Waals surface area contributed by atoms with Crippen LogP contribution in [0.5, 0.6) is 0 Å². The largest absolute Gasteiger partial charge is 0.335 e. The van der Waals surface area contributed by atoms with Crippen LogP contribution in [0, 0.1) is 26.6 Å². The molecule has 1 aliphatic heterocycles. The summed E-state index contributed by atoms with van der Waals surface area (Å²) in [5, 5.41) is 4.61. The summed E-state index contributed by atoms with van der Waals surface area (Å²) in [6.45, 7) is 6.32. The van der Waals surface area contributed by atoms with E-state index in [2.05, 4.69) is 16.2 Å². The number of hydrogen-bond donors (Lipinski definition) is 0. The quantitative estimate of drug-likeness (QED) is 0.422. The van der Waals surface area contributed by atoms with E-state index in [9.17, 15) is 9.18 Å². The van der Waals surface area contributed by atoms with Gasteiger partial charge < -0.3 is 9.42 Å². The number of para-hydroxylation sites is 1. The first-order valence-electron chi connectivity index (χ1n) is 9.87. The molecule has 0 atom stereocenters. The summed E-state index contributed by atoms with van der Waals surface area (Å²) in [6.07, 6.45) is 1.54. The van der Waals surface area contributed by atoms with E-state index in [1.54, 1.807) is 35.3 Å². The third kappa shape index (κ3) is 2.92. The zero-order valence-corrected chi connectivity index (χ0v) is 17.8. The molecule has 5 rings (SSSR count). The lowest BCUT2D eigenvalue weighted by molar-refractivity contribution is 0.0985. The molecule has 0 unspecified atom stereocenters. The van der Waals surface area contributed by atoms with Gasteiger partial charge in [-0.15, -0.1) is 11.3 Å². The van der Waals surface area contributed by atoms with Crippen molar-refractivity contribution in [2.45, 2.75) is 33.6 Å². The van der Waals surface area contributed by atoms with Crippen LogP contribution in [-0.2, 0) is 6.42 Å². The highest BCUT2D eigenvalue weighted by Gasteiger charge is 2.29. The molecule has 30 heavy (non-hydrogen) atoms. The van der Waals surface area contributed by atoms with Gasteiger partial charge in [0.25, 0.3) is 11.6 Å². The monoisotopic (exact) mass is 421 g/mol. The lowest BCUT2D eigenvalue weighted by atomic mass is 9.99. The molecule has 1 aromatic carbocycles. The van der Waals surface area contributed by atoms with Crippen LogP contribution in [0.3, 0.4) is 0 Å². The molecule has 1 aliphatic rings. The van der Waals surface area contributed by atoms with Gasteiger partial charge in [0.1, 0.15) is 5.82 Å². The molecular weight excluding hydrogens is 401 g/mol. The maximum atomic E-state index is 14.7. The molecule has 4 heterocycles. The van der Waals surface area contributed by atoms with Crippen LogP contribution >= 0.6 is 11.3 Å². The summed E-state index contributed by atoms with van der Waals surface area (Å²) in [5.41, 5.74) is 4.21. The number of anilines is 1. The van der Waals surface area contributed by atoms with Gasteiger partial charge in [-0.3, -0.25) is 4.79 Å². The average Bonchev–Trinajstić information content (AvgIpc) is 3.28. The Hall–Kier alpha value is -3.06. The van der Waals surface area contributed by atoms with Crippen molar-refractivity contribution < 1.29 is 13.7 Å². The highest BCUT2D eigenvalue weighted by molar-refractivity contribution is 7.12. The Morgan fingerprint density at radius 3 is 2.83 bits per heavy atom. The molecule has 0 fully saturated rings. The summed E-state index contributed by atoms with van der Waals surface area (Å²) in [5.74, 6) is -0.636. The third-order valence-electron chi connectivity index (χ3n) is 5.58. The van der Waals surface area contributed by atoms with Crippen molar-refractivity contribution in [3.05, 3.63) is 62.7 Å². The second-order valence-electron chi connectivity index (χ2n) is 7.64. The van der Waals surface area contributed by atoms with Crippen LogP contribution in [0.1, 0.15) is 37.8 Å². The Morgan fingerprint density at radius 2 is 2.07 bits per heavy atom. The van der Waals surface area contributed by atoms with Gasteiger partial charge in [-0.2, -0.15) is 0 Å². The summed E-state index contributed by atoms with van der Waals surface area (Å²) < 4.78 is 20.1. The van der Waals surface area contributed by atoms with E-state index in [1.807, 2.05) is 19.9 Å². The maximum Gasteiger partial charge on any atom is 0.259 e. The first kappa shape index (κ1) is 18.9. The smallest absolute Gasteiger partial charge is 0.259 e. The standard InChI is InChI=1S/C23H20FN3O2S/c1-12-10-16(14(3)30-12)19-11-17(20-13(2)26-29-22(20)25-19)23(28)27-9-5-7-15-6-4-8-18(24)21(15)27/h4,6,8,10-11H,5,7,9H2,1-3H3. The number of nitrogens with zero attached hydrogens (tertiary/aromatic N) is 3. The predicted octanol–water partition coefficient (Wildman–Crippen LogP) is 5.61. The fourth-order valence-corrected chi connectivity index (χ4v) is 5.17. The second kappa shape index (κ2) is 7.02. The van der Waals surface area contributed by atoms with E-state index >= 15 is 0 Å². The van der Waals surface area contributed by atoms with Gasteiger partial charge in [0, 0.05) is 21.9 Å². The molecule has 0 N–H and O–H groups in total. The van der Waals surface area contributed by atoms with Crippen LogP contribution in [0.2, 0.25) is 0 Å². The SMILES string of the molecule is Cc1cc(-c2cc(C(=O)N3CCCc4cccc(F)c43)c3c(C)noc3n2)c(C)s1. The van der Waals surface area contributed by atoms with E-state index in [0.29, 0.717) is 40.3 Å². The fourth-order valence-electron chi connectivity index (χ4n) is 4.24. The van der Waals surface area contributed by atoms with E-state index in [4.69, 9.17) is 4.52 Å². The van der Waals surface area contributed by atoms with Crippen molar-refractivity contribution in [1.29, 1.82) is 0 Å². The van der Waals surface area contributed by atoms with Crippen molar-refractivity contribution in [2.75, 3.05) is 11.4 Å². The number of rotatable bonds is 2. The Morgan fingerprint density at radius 1 is 1.23 bits per heavy atom. The van der Waals surface area contributed by atoms with Gasteiger partial charge in [0.15, 0.2) is 0 Å². The Bertz CT molecular complexity index is 1310. The Labute approximate surface area is 177 Å². The molecule has 7 heteroatoms. The fraction of sp³-hybridized carbons (Fsp3) is 0.261. The van der Waals surface area contributed by atoms with Crippen LogP contribution < -0.4 is 4.90 Å². The summed E-state index contributed by atoms with van der Waals surface area (Å²) in [7, 11) is 0. The second-order valence-corrected chi connectivity index (χ2v) is 9.10. The number of thiophene rings is 1. The molecule has 3 aromatic heterocycles. The van der Waals surface area contributed by atoms with Crippen LogP contribution in [-0.4, -0.2) is 22.6 Å². The number of carbonyl (C=O) groups excluding carboxylic acids is 1. The molecule has 0 saturated heterocycles. The van der Waals surface area contributed by atoms with Gasteiger partial charge in [-0.1, -0.05) is 17.3 Å². The number of carbonyl (C=O) groups is 1. The van der Waals surface area contributed by atoms with Crippen molar-refractivity contribution in [3.8, 4) is 11.3 Å². The van der Waals surface area contributed by atoms with Crippen molar-refractivity contribution in [3.63, 3.8) is 0 Å². The summed E-state index contributed by atoms with van der Waals surface area (Å²) in [4.78, 5) is 22.2. The average molecular weight is 421 g/mol. The first-order valence-corrected chi connectivity index (χ1v) is 10.7.